The lowest BCUT2D eigenvalue weighted by molar-refractivity contribution is 0.413. The predicted molar refractivity (Wildman–Crippen MR) is 81.4 cm³/mol. The monoisotopic (exact) mass is 306 g/mol. The van der Waals surface area contributed by atoms with Crippen molar-refractivity contribution in [2.24, 2.45) is 5.73 Å². The first-order chi connectivity index (χ1) is 10.1. The molecular formula is C15H18N2O3S. The van der Waals surface area contributed by atoms with Gasteiger partial charge in [-0.15, -0.1) is 0 Å². The van der Waals surface area contributed by atoms with Crippen LogP contribution < -0.4 is 15.2 Å². The van der Waals surface area contributed by atoms with Crippen molar-refractivity contribution in [2.45, 2.75) is 18.0 Å². The molecule has 112 valence electrons. The summed E-state index contributed by atoms with van der Waals surface area (Å²) in [6.45, 7) is 0.573. The largest absolute Gasteiger partial charge is 0.497 e. The minimum atomic E-state index is -3.59. The minimum absolute atomic E-state index is 0.173. The molecule has 0 saturated carbocycles. The lowest BCUT2D eigenvalue weighted by atomic mass is 10.1. The fourth-order valence-electron chi connectivity index (χ4n) is 1.95. The second-order valence-electron chi connectivity index (χ2n) is 4.48. The SMILES string of the molecule is COc1cccc(S(=O)(=O)NCc2ccccc2CN)c1. The number of nitrogens with one attached hydrogen (secondary N) is 1. The molecule has 0 fully saturated rings. The van der Waals surface area contributed by atoms with E-state index in [1.165, 1.54) is 19.2 Å². The molecule has 0 spiro atoms. The maximum absolute atomic E-state index is 12.3. The van der Waals surface area contributed by atoms with Crippen molar-refractivity contribution in [1.29, 1.82) is 0 Å². The van der Waals surface area contributed by atoms with E-state index in [4.69, 9.17) is 10.5 Å². The van der Waals surface area contributed by atoms with Gasteiger partial charge >= 0.3 is 0 Å². The van der Waals surface area contributed by atoms with Gasteiger partial charge < -0.3 is 10.5 Å². The summed E-state index contributed by atoms with van der Waals surface area (Å²) in [5.41, 5.74) is 7.43. The summed E-state index contributed by atoms with van der Waals surface area (Å²) >= 11 is 0. The number of hydrogen-bond donors (Lipinski definition) is 2. The van der Waals surface area contributed by atoms with Crippen LogP contribution in [0.4, 0.5) is 0 Å². The molecule has 0 radical (unpaired) electrons. The molecule has 6 heteroatoms. The van der Waals surface area contributed by atoms with Crippen molar-refractivity contribution in [2.75, 3.05) is 7.11 Å². The molecule has 2 aromatic rings. The molecule has 0 atom stereocenters. The molecule has 0 heterocycles. The van der Waals surface area contributed by atoms with E-state index in [2.05, 4.69) is 4.72 Å². The Balaban J connectivity index is 2.18. The molecule has 5 nitrogen and oxygen atoms in total. The molecule has 0 bridgehead atoms. The van der Waals surface area contributed by atoms with Gasteiger partial charge in [0.25, 0.3) is 0 Å². The number of sulfonamides is 1. The van der Waals surface area contributed by atoms with Crippen molar-refractivity contribution in [1.82, 2.24) is 4.72 Å². The zero-order chi connectivity index (χ0) is 15.3. The second kappa shape index (κ2) is 6.71. The third-order valence-electron chi connectivity index (χ3n) is 3.14. The molecular weight excluding hydrogens is 288 g/mol. The summed E-state index contributed by atoms with van der Waals surface area (Å²) in [4.78, 5) is 0.173. The zero-order valence-corrected chi connectivity index (χ0v) is 12.6. The Morgan fingerprint density at radius 1 is 1.10 bits per heavy atom. The van der Waals surface area contributed by atoms with Crippen molar-refractivity contribution >= 4 is 10.0 Å². The molecule has 0 amide bonds. The number of ether oxygens (including phenoxy) is 1. The summed E-state index contributed by atoms with van der Waals surface area (Å²) < 4.78 is 32.2. The Morgan fingerprint density at radius 3 is 2.48 bits per heavy atom. The van der Waals surface area contributed by atoms with Gasteiger partial charge in [0.05, 0.1) is 12.0 Å². The Labute approximate surface area is 124 Å². The van der Waals surface area contributed by atoms with Gasteiger partial charge in [-0.05, 0) is 23.3 Å². The summed E-state index contributed by atoms with van der Waals surface area (Å²) in [6, 6.07) is 13.8. The van der Waals surface area contributed by atoms with Crippen molar-refractivity contribution in [3.63, 3.8) is 0 Å². The smallest absolute Gasteiger partial charge is 0.241 e. The van der Waals surface area contributed by atoms with Crippen LogP contribution in [-0.2, 0) is 23.1 Å². The number of nitrogens with two attached hydrogens (primary N) is 1. The maximum atomic E-state index is 12.3. The average molecular weight is 306 g/mol. The molecule has 0 aromatic heterocycles. The molecule has 3 N–H and O–H groups in total. The first kappa shape index (κ1) is 15.5. The number of hydrogen-bond acceptors (Lipinski definition) is 4. The van der Waals surface area contributed by atoms with E-state index in [9.17, 15) is 8.42 Å². The molecule has 0 unspecified atom stereocenters. The van der Waals surface area contributed by atoms with Gasteiger partial charge in [-0.1, -0.05) is 30.3 Å². The average Bonchev–Trinajstić information content (AvgIpc) is 2.53. The highest BCUT2D eigenvalue weighted by molar-refractivity contribution is 7.89. The van der Waals surface area contributed by atoms with Crippen LogP contribution in [0, 0.1) is 0 Å². The zero-order valence-electron chi connectivity index (χ0n) is 11.7. The Morgan fingerprint density at radius 2 is 1.81 bits per heavy atom. The van der Waals surface area contributed by atoms with E-state index in [1.54, 1.807) is 12.1 Å². The lowest BCUT2D eigenvalue weighted by Gasteiger charge is -2.10. The number of methoxy groups -OCH3 is 1. The van der Waals surface area contributed by atoms with Crippen LogP contribution in [0.5, 0.6) is 5.75 Å². The first-order valence-electron chi connectivity index (χ1n) is 6.47. The lowest BCUT2D eigenvalue weighted by Crippen LogP contribution is -2.24. The normalized spacial score (nSPS) is 11.3. The Bertz CT molecular complexity index is 714. The minimum Gasteiger partial charge on any atom is -0.497 e. The molecule has 2 aromatic carbocycles. The van der Waals surface area contributed by atoms with Crippen LogP contribution in [0.25, 0.3) is 0 Å². The summed E-state index contributed by atoms with van der Waals surface area (Å²) in [6.07, 6.45) is 0. The van der Waals surface area contributed by atoms with E-state index >= 15 is 0 Å². The van der Waals surface area contributed by atoms with Crippen LogP contribution in [-0.4, -0.2) is 15.5 Å². The van der Waals surface area contributed by atoms with E-state index in [0.29, 0.717) is 12.3 Å². The van der Waals surface area contributed by atoms with Crippen molar-refractivity contribution < 1.29 is 13.2 Å². The fraction of sp³-hybridized carbons (Fsp3) is 0.200. The maximum Gasteiger partial charge on any atom is 0.241 e. The van der Waals surface area contributed by atoms with E-state index in [-0.39, 0.29) is 11.4 Å². The van der Waals surface area contributed by atoms with Gasteiger partial charge in [-0.3, -0.25) is 0 Å². The highest BCUT2D eigenvalue weighted by Gasteiger charge is 2.15. The van der Waals surface area contributed by atoms with E-state index < -0.39 is 10.0 Å². The van der Waals surface area contributed by atoms with Crippen LogP contribution in [0.2, 0.25) is 0 Å². The van der Waals surface area contributed by atoms with Crippen LogP contribution >= 0.6 is 0 Å². The molecule has 0 saturated heterocycles. The third-order valence-corrected chi connectivity index (χ3v) is 4.54. The highest BCUT2D eigenvalue weighted by Crippen LogP contribution is 2.17. The number of benzene rings is 2. The van der Waals surface area contributed by atoms with Crippen LogP contribution in [0.1, 0.15) is 11.1 Å². The van der Waals surface area contributed by atoms with Gasteiger partial charge in [0, 0.05) is 19.2 Å². The predicted octanol–water partition coefficient (Wildman–Crippen LogP) is 1.63. The van der Waals surface area contributed by atoms with Gasteiger partial charge in [0.2, 0.25) is 10.0 Å². The van der Waals surface area contributed by atoms with E-state index in [0.717, 1.165) is 11.1 Å². The van der Waals surface area contributed by atoms with Gasteiger partial charge in [-0.2, -0.15) is 0 Å². The Kier molecular flexibility index (Phi) is 4.95. The summed E-state index contributed by atoms with van der Waals surface area (Å²) in [5.74, 6) is 0.500. The van der Waals surface area contributed by atoms with Gasteiger partial charge in [0.15, 0.2) is 0 Å². The molecule has 2 rings (SSSR count). The quantitative estimate of drug-likeness (QED) is 0.850. The van der Waals surface area contributed by atoms with Crippen molar-refractivity contribution in [3.8, 4) is 5.75 Å². The fourth-order valence-corrected chi connectivity index (χ4v) is 2.99. The molecule has 0 aliphatic carbocycles. The summed E-state index contributed by atoms with van der Waals surface area (Å²) in [5, 5.41) is 0. The topological polar surface area (TPSA) is 81.4 Å². The molecule has 0 aliphatic rings. The molecule has 0 aliphatic heterocycles. The highest BCUT2D eigenvalue weighted by atomic mass is 32.2. The van der Waals surface area contributed by atoms with Gasteiger partial charge in [0.1, 0.15) is 5.75 Å². The Hall–Kier alpha value is -1.89. The standard InChI is InChI=1S/C15H18N2O3S/c1-20-14-7-4-8-15(9-14)21(18,19)17-11-13-6-3-2-5-12(13)10-16/h2-9,17H,10-11,16H2,1H3. The second-order valence-corrected chi connectivity index (χ2v) is 6.24. The van der Waals surface area contributed by atoms with Crippen LogP contribution in [0.15, 0.2) is 53.4 Å². The van der Waals surface area contributed by atoms with Gasteiger partial charge in [-0.25, -0.2) is 13.1 Å². The van der Waals surface area contributed by atoms with Crippen LogP contribution in [0.3, 0.4) is 0 Å². The molecule has 21 heavy (non-hydrogen) atoms. The first-order valence-corrected chi connectivity index (χ1v) is 7.95. The third kappa shape index (κ3) is 3.81. The summed E-state index contributed by atoms with van der Waals surface area (Å²) in [7, 11) is -2.09. The number of rotatable bonds is 6. The van der Waals surface area contributed by atoms with E-state index in [1.807, 2.05) is 24.3 Å². The van der Waals surface area contributed by atoms with Crippen molar-refractivity contribution in [3.05, 3.63) is 59.7 Å².